The highest BCUT2D eigenvalue weighted by molar-refractivity contribution is 5.95. The molecule has 2 atom stereocenters. The normalized spacial score (nSPS) is 12.9. The topological polar surface area (TPSA) is 129 Å². The fraction of sp³-hybridized carbons (Fsp3) is 0.286. The number of hydrogen-bond acceptors (Lipinski definition) is 5. The van der Waals surface area contributed by atoms with Crippen LogP contribution in [0.5, 0.6) is 0 Å². The molecule has 0 unspecified atom stereocenters. The molecular weight excluding hydrogens is 491 g/mol. The fourth-order valence-corrected chi connectivity index (χ4v) is 3.97. The molecule has 4 N–H and O–H groups in total. The number of carboxylic acid groups (broad SMARTS) is 1. The van der Waals surface area contributed by atoms with Gasteiger partial charge in [0.1, 0.15) is 5.82 Å². The Morgan fingerprint density at radius 3 is 2.53 bits per heavy atom. The minimum atomic E-state index is -1.23. The molecule has 10 heteroatoms. The highest BCUT2D eigenvalue weighted by Gasteiger charge is 2.25. The van der Waals surface area contributed by atoms with E-state index in [-0.39, 0.29) is 24.6 Å². The number of carboxylic acids is 1. The molecule has 2 aromatic carbocycles. The van der Waals surface area contributed by atoms with Gasteiger partial charge in [0.2, 0.25) is 0 Å². The average Bonchev–Trinajstić information content (AvgIpc) is 3.26. The summed E-state index contributed by atoms with van der Waals surface area (Å²) in [6, 6.07) is 12.4. The molecule has 1 aromatic heterocycles. The molecule has 1 heterocycles. The lowest BCUT2D eigenvalue weighted by Crippen LogP contribution is -2.24. The number of aliphatic hydroxyl groups is 2. The molecule has 0 aliphatic rings. The maximum absolute atomic E-state index is 13.6. The number of benzene rings is 2. The first-order chi connectivity index (χ1) is 18.1. The van der Waals surface area contributed by atoms with Crippen LogP contribution in [0.1, 0.15) is 59.9 Å². The van der Waals surface area contributed by atoms with E-state index >= 15 is 0 Å². The van der Waals surface area contributed by atoms with Gasteiger partial charge in [0.25, 0.3) is 5.91 Å². The Labute approximate surface area is 219 Å². The quantitative estimate of drug-likeness (QED) is 0.280. The molecule has 38 heavy (non-hydrogen) atoms. The lowest BCUT2D eigenvalue weighted by atomic mass is 9.98. The molecule has 1 amide bonds. The van der Waals surface area contributed by atoms with E-state index in [2.05, 4.69) is 15.3 Å². The van der Waals surface area contributed by atoms with Crippen molar-refractivity contribution in [2.24, 2.45) is 0 Å². The minimum Gasteiger partial charge on any atom is -0.481 e. The molecule has 9 nitrogen and oxygen atoms in total. The van der Waals surface area contributed by atoms with E-state index in [1.54, 1.807) is 30.3 Å². The van der Waals surface area contributed by atoms with Crippen LogP contribution in [-0.2, 0) is 11.3 Å². The first-order valence-electron chi connectivity index (χ1n) is 12.0. The highest BCUT2D eigenvalue weighted by atomic mass is 19.1. The summed E-state index contributed by atoms with van der Waals surface area (Å²) in [5, 5.41) is 36.4. The maximum atomic E-state index is 13.6. The van der Waals surface area contributed by atoms with Gasteiger partial charge in [-0.15, -0.1) is 0 Å². The maximum Gasteiger partial charge on any atom is 0.305 e. The number of aromatic nitrogens is 2. The molecule has 3 aromatic rings. The van der Waals surface area contributed by atoms with Gasteiger partial charge in [0.15, 0.2) is 11.4 Å². The van der Waals surface area contributed by atoms with E-state index < -0.39 is 36.3 Å². The van der Waals surface area contributed by atoms with Gasteiger partial charge in [0.05, 0.1) is 36.6 Å². The number of aliphatic carboxylic acids is 1. The monoisotopic (exact) mass is 520 g/mol. The van der Waals surface area contributed by atoms with E-state index in [4.69, 9.17) is 11.7 Å². The summed E-state index contributed by atoms with van der Waals surface area (Å²) in [7, 11) is 0. The molecule has 198 valence electrons. The molecule has 3 rings (SSSR count). The first-order valence-corrected chi connectivity index (χ1v) is 12.0. The van der Waals surface area contributed by atoms with E-state index in [1.165, 1.54) is 35.0 Å². The number of halogens is 1. The van der Waals surface area contributed by atoms with Crippen LogP contribution in [0.3, 0.4) is 0 Å². The highest BCUT2D eigenvalue weighted by Crippen LogP contribution is 2.28. The van der Waals surface area contributed by atoms with Crippen LogP contribution in [0.25, 0.3) is 16.6 Å². The van der Waals surface area contributed by atoms with Gasteiger partial charge in [-0.05, 0) is 41.8 Å². The first kappa shape index (κ1) is 28.2. The second kappa shape index (κ2) is 12.8. The summed E-state index contributed by atoms with van der Waals surface area (Å²) in [6.07, 6.45) is -0.139. The molecule has 0 saturated heterocycles. The fourth-order valence-electron chi connectivity index (χ4n) is 3.97. The molecule has 0 bridgehead atoms. The summed E-state index contributed by atoms with van der Waals surface area (Å²) in [4.78, 5) is 27.5. The van der Waals surface area contributed by atoms with Gasteiger partial charge in [-0.3, -0.25) is 9.59 Å². The Hall–Kier alpha value is -4.33. The second-order valence-electron chi connectivity index (χ2n) is 9.07. The van der Waals surface area contributed by atoms with Crippen molar-refractivity contribution in [1.82, 2.24) is 15.1 Å². The van der Waals surface area contributed by atoms with Gasteiger partial charge >= 0.3 is 5.97 Å². The third kappa shape index (κ3) is 7.35. The van der Waals surface area contributed by atoms with E-state index in [1.807, 2.05) is 13.8 Å². The third-order valence-corrected chi connectivity index (χ3v) is 5.72. The van der Waals surface area contributed by atoms with Crippen LogP contribution < -0.4 is 5.32 Å². The number of carbonyl (C=O) groups excluding carboxylic acids is 1. The Kier molecular flexibility index (Phi) is 9.49. The zero-order chi connectivity index (χ0) is 27.8. The van der Waals surface area contributed by atoms with Crippen molar-refractivity contribution in [1.29, 1.82) is 0 Å². The van der Waals surface area contributed by atoms with Crippen molar-refractivity contribution in [2.75, 3.05) is 0 Å². The number of hydrogen-bond donors (Lipinski definition) is 4. The van der Waals surface area contributed by atoms with Crippen LogP contribution in [0.15, 0.2) is 54.6 Å². The number of nitrogens with one attached hydrogen (secondary N) is 1. The number of amides is 1. The SMILES string of the molecule is [C-]#[N+]c1cccc(CNC(=O)c2nn(-c3ccc(F)cc3)c(/C=C/[C@@H](O)C[C@@H](O)CC(=O)O)c2C(C)C)c1. The average molecular weight is 521 g/mol. The molecular formula is C28H29FN4O5. The van der Waals surface area contributed by atoms with Crippen molar-refractivity contribution in [3.63, 3.8) is 0 Å². The van der Waals surface area contributed by atoms with Crippen LogP contribution in [0.2, 0.25) is 0 Å². The van der Waals surface area contributed by atoms with Crippen molar-refractivity contribution in [3.8, 4) is 5.69 Å². The number of aliphatic hydroxyl groups excluding tert-OH is 2. The standard InChI is InChI=1S/C28H29FN4O5/c1-17(2)26-24(12-11-22(34)14-23(35)15-25(36)37)33(21-9-7-19(29)8-10-21)32-27(26)28(38)31-16-18-5-4-6-20(13-18)30-3/h4-13,17,22-23,34-35H,14-16H2,1-2H3,(H,31,38)(H,36,37)/b12-11+/t22-,23-/m1/s1. The summed E-state index contributed by atoms with van der Waals surface area (Å²) < 4.78 is 15.1. The Morgan fingerprint density at radius 2 is 1.89 bits per heavy atom. The largest absolute Gasteiger partial charge is 0.481 e. The van der Waals surface area contributed by atoms with Gasteiger partial charge in [-0.2, -0.15) is 5.10 Å². The molecule has 0 fully saturated rings. The van der Waals surface area contributed by atoms with Crippen molar-refractivity contribution in [2.45, 2.75) is 51.4 Å². The van der Waals surface area contributed by atoms with Gasteiger partial charge in [0, 0.05) is 18.5 Å². The number of carbonyl (C=O) groups is 2. The number of rotatable bonds is 11. The van der Waals surface area contributed by atoms with Gasteiger partial charge < -0.3 is 20.6 Å². The molecule has 0 spiro atoms. The van der Waals surface area contributed by atoms with Crippen LogP contribution in [0, 0.1) is 12.4 Å². The van der Waals surface area contributed by atoms with Gasteiger partial charge in [-0.25, -0.2) is 13.9 Å². The Morgan fingerprint density at radius 1 is 1.18 bits per heavy atom. The van der Waals surface area contributed by atoms with E-state index in [0.29, 0.717) is 22.6 Å². The number of nitrogens with zero attached hydrogens (tertiary/aromatic N) is 3. The lowest BCUT2D eigenvalue weighted by molar-refractivity contribution is -0.139. The predicted molar refractivity (Wildman–Crippen MR) is 139 cm³/mol. The second-order valence-corrected chi connectivity index (χ2v) is 9.07. The third-order valence-electron chi connectivity index (χ3n) is 5.72. The van der Waals surface area contributed by atoms with Crippen LogP contribution in [-0.4, -0.2) is 49.2 Å². The van der Waals surface area contributed by atoms with Crippen molar-refractivity contribution < 1.29 is 29.3 Å². The molecule has 0 saturated carbocycles. The summed E-state index contributed by atoms with van der Waals surface area (Å²) in [5.74, 6) is -2.24. The molecule has 0 radical (unpaired) electrons. The summed E-state index contributed by atoms with van der Waals surface area (Å²) >= 11 is 0. The predicted octanol–water partition coefficient (Wildman–Crippen LogP) is 4.22. The lowest BCUT2D eigenvalue weighted by Gasteiger charge is -2.12. The Balaban J connectivity index is 1.97. The smallest absolute Gasteiger partial charge is 0.305 e. The summed E-state index contributed by atoms with van der Waals surface area (Å²) in [5.41, 5.74) is 2.89. The van der Waals surface area contributed by atoms with E-state index in [0.717, 1.165) is 5.56 Å². The van der Waals surface area contributed by atoms with Crippen molar-refractivity contribution in [3.05, 3.63) is 94.4 Å². The molecule has 0 aliphatic carbocycles. The van der Waals surface area contributed by atoms with Crippen LogP contribution in [0.4, 0.5) is 10.1 Å². The van der Waals surface area contributed by atoms with Gasteiger partial charge in [-0.1, -0.05) is 44.2 Å². The minimum absolute atomic E-state index is 0.144. The Bertz CT molecular complexity index is 1360. The zero-order valence-corrected chi connectivity index (χ0v) is 21.0. The zero-order valence-electron chi connectivity index (χ0n) is 21.0. The summed E-state index contributed by atoms with van der Waals surface area (Å²) in [6.45, 7) is 11.1. The molecule has 0 aliphatic heterocycles. The van der Waals surface area contributed by atoms with Crippen molar-refractivity contribution >= 4 is 23.6 Å². The van der Waals surface area contributed by atoms with E-state index in [9.17, 15) is 24.2 Å². The van der Waals surface area contributed by atoms with Crippen LogP contribution >= 0.6 is 0 Å².